The summed E-state index contributed by atoms with van der Waals surface area (Å²) in [6.45, 7) is 5.18. The van der Waals surface area contributed by atoms with Gasteiger partial charge < -0.3 is 14.6 Å². The Hall–Kier alpha value is -2.69. The molecule has 1 atom stereocenters. The van der Waals surface area contributed by atoms with Crippen molar-refractivity contribution < 1.29 is 19.4 Å². The van der Waals surface area contributed by atoms with Gasteiger partial charge in [-0.05, 0) is 96.3 Å². The second kappa shape index (κ2) is 49.5. The van der Waals surface area contributed by atoms with Gasteiger partial charge in [-0.1, -0.05) is 201 Å². The molecule has 4 heteroatoms. The van der Waals surface area contributed by atoms with Gasteiger partial charge in [0.2, 0.25) is 0 Å². The summed E-state index contributed by atoms with van der Waals surface area (Å²) in [6.07, 6.45) is 70.5. The Labute approximate surface area is 353 Å². The number of carbonyl (C=O) groups is 1. The molecule has 1 N–H and O–H groups in total. The van der Waals surface area contributed by atoms with Crippen LogP contribution < -0.4 is 0 Å². The highest BCUT2D eigenvalue weighted by atomic mass is 16.6. The van der Waals surface area contributed by atoms with Gasteiger partial charge in [0.05, 0.1) is 13.2 Å². The minimum Gasteiger partial charge on any atom is -0.457 e. The third-order valence-electron chi connectivity index (χ3n) is 9.89. The molecule has 0 aliphatic heterocycles. The normalized spacial score (nSPS) is 13.2. The van der Waals surface area contributed by atoms with Crippen LogP contribution in [-0.2, 0) is 14.3 Å². The minimum atomic E-state index is -0.557. The topological polar surface area (TPSA) is 55.8 Å². The largest absolute Gasteiger partial charge is 0.457 e. The van der Waals surface area contributed by atoms with Crippen LogP contribution in [0.4, 0.5) is 0 Å². The van der Waals surface area contributed by atoms with Crippen molar-refractivity contribution in [3.8, 4) is 0 Å². The number of rotatable bonds is 43. The molecular formula is C53H90O4. The Morgan fingerprint density at radius 3 is 1.19 bits per heavy atom. The summed E-state index contributed by atoms with van der Waals surface area (Å²) in [5.41, 5.74) is 0. The second-order valence-corrected chi connectivity index (χ2v) is 15.4. The Balaban J connectivity index is 3.53. The molecule has 326 valence electrons. The van der Waals surface area contributed by atoms with E-state index in [0.29, 0.717) is 13.0 Å². The smallest absolute Gasteiger partial charge is 0.306 e. The molecule has 0 aromatic rings. The number of allylic oxidation sites excluding steroid dienone is 16. The van der Waals surface area contributed by atoms with Crippen LogP contribution in [0, 0.1) is 0 Å². The molecule has 0 aliphatic rings. The molecule has 4 nitrogen and oxygen atoms in total. The molecule has 0 rings (SSSR count). The van der Waals surface area contributed by atoms with Crippen molar-refractivity contribution >= 4 is 5.97 Å². The molecular weight excluding hydrogens is 701 g/mol. The molecule has 0 aromatic heterocycles. The van der Waals surface area contributed by atoms with E-state index >= 15 is 0 Å². The van der Waals surface area contributed by atoms with E-state index in [1.165, 1.54) is 103 Å². The first kappa shape index (κ1) is 54.3. The first-order valence-corrected chi connectivity index (χ1v) is 23.8. The fourth-order valence-corrected chi connectivity index (χ4v) is 6.36. The molecule has 0 bridgehead atoms. The lowest BCUT2D eigenvalue weighted by Crippen LogP contribution is -2.27. The van der Waals surface area contributed by atoms with Gasteiger partial charge in [-0.3, -0.25) is 4.79 Å². The summed E-state index contributed by atoms with van der Waals surface area (Å²) < 4.78 is 11.2. The van der Waals surface area contributed by atoms with E-state index in [1.54, 1.807) is 0 Å². The Morgan fingerprint density at radius 2 is 0.789 bits per heavy atom. The summed E-state index contributed by atoms with van der Waals surface area (Å²) in [6, 6.07) is 0. The van der Waals surface area contributed by atoms with Crippen LogP contribution >= 0.6 is 0 Å². The molecule has 0 amide bonds. The first-order chi connectivity index (χ1) is 28.2. The molecule has 0 fully saturated rings. The lowest BCUT2D eigenvalue weighted by molar-refractivity contribution is -0.154. The van der Waals surface area contributed by atoms with Gasteiger partial charge in [-0.15, -0.1) is 0 Å². The lowest BCUT2D eigenvalue weighted by atomic mass is 10.1. The van der Waals surface area contributed by atoms with Crippen molar-refractivity contribution in [2.45, 2.75) is 213 Å². The summed E-state index contributed by atoms with van der Waals surface area (Å²) in [5.74, 6) is -0.228. The van der Waals surface area contributed by atoms with E-state index in [0.717, 1.165) is 83.5 Å². The Bertz CT molecular complexity index is 1060. The van der Waals surface area contributed by atoms with Crippen LogP contribution in [0.2, 0.25) is 0 Å². The van der Waals surface area contributed by atoms with Gasteiger partial charge >= 0.3 is 5.97 Å². The Morgan fingerprint density at radius 1 is 0.439 bits per heavy atom. The number of hydrogen-bond acceptors (Lipinski definition) is 4. The van der Waals surface area contributed by atoms with Crippen LogP contribution in [0.25, 0.3) is 0 Å². The molecule has 0 saturated carbocycles. The van der Waals surface area contributed by atoms with Crippen LogP contribution in [-0.4, -0.2) is 37.0 Å². The maximum absolute atomic E-state index is 12.2. The van der Waals surface area contributed by atoms with Crippen molar-refractivity contribution in [3.63, 3.8) is 0 Å². The molecule has 0 saturated heterocycles. The maximum Gasteiger partial charge on any atom is 0.306 e. The van der Waals surface area contributed by atoms with E-state index in [-0.39, 0.29) is 19.2 Å². The van der Waals surface area contributed by atoms with Crippen LogP contribution in [0.3, 0.4) is 0 Å². The average Bonchev–Trinajstić information content (AvgIpc) is 3.22. The summed E-state index contributed by atoms with van der Waals surface area (Å²) in [4.78, 5) is 12.2. The molecule has 0 aromatic carbocycles. The summed E-state index contributed by atoms with van der Waals surface area (Å²) in [5, 5.41) is 9.63. The fourth-order valence-electron chi connectivity index (χ4n) is 6.36. The highest BCUT2D eigenvalue weighted by molar-refractivity contribution is 5.69. The van der Waals surface area contributed by atoms with E-state index in [2.05, 4.69) is 111 Å². The zero-order chi connectivity index (χ0) is 41.2. The molecule has 0 aliphatic carbocycles. The predicted molar refractivity (Wildman–Crippen MR) is 251 cm³/mol. The van der Waals surface area contributed by atoms with Crippen molar-refractivity contribution in [1.82, 2.24) is 0 Å². The van der Waals surface area contributed by atoms with Gasteiger partial charge in [0.25, 0.3) is 0 Å². The molecule has 57 heavy (non-hydrogen) atoms. The third kappa shape index (κ3) is 47.6. The van der Waals surface area contributed by atoms with Gasteiger partial charge in [-0.2, -0.15) is 0 Å². The monoisotopic (exact) mass is 791 g/mol. The first-order valence-electron chi connectivity index (χ1n) is 23.8. The van der Waals surface area contributed by atoms with Crippen LogP contribution in [0.15, 0.2) is 97.2 Å². The molecule has 0 radical (unpaired) electrons. The van der Waals surface area contributed by atoms with E-state index in [9.17, 15) is 9.90 Å². The Kier molecular flexibility index (Phi) is 47.1. The number of unbranched alkanes of at least 4 members (excludes halogenated alkanes) is 19. The van der Waals surface area contributed by atoms with Gasteiger partial charge in [-0.25, -0.2) is 0 Å². The van der Waals surface area contributed by atoms with Crippen LogP contribution in [0.1, 0.15) is 206 Å². The molecule has 0 heterocycles. The highest BCUT2D eigenvalue weighted by Crippen LogP contribution is 2.13. The number of ether oxygens (including phenoxy) is 2. The number of hydrogen-bond donors (Lipinski definition) is 1. The van der Waals surface area contributed by atoms with Gasteiger partial charge in [0.1, 0.15) is 6.10 Å². The summed E-state index contributed by atoms with van der Waals surface area (Å²) in [7, 11) is 0. The second-order valence-electron chi connectivity index (χ2n) is 15.4. The molecule has 0 spiro atoms. The van der Waals surface area contributed by atoms with Crippen LogP contribution in [0.5, 0.6) is 0 Å². The van der Waals surface area contributed by atoms with E-state index < -0.39 is 6.10 Å². The van der Waals surface area contributed by atoms with Gasteiger partial charge in [0.15, 0.2) is 0 Å². The number of carbonyl (C=O) groups excluding carboxylic acids is 1. The van der Waals surface area contributed by atoms with Crippen molar-refractivity contribution in [2.24, 2.45) is 0 Å². The minimum absolute atomic E-state index is 0.189. The predicted octanol–water partition coefficient (Wildman–Crippen LogP) is 16.1. The number of aliphatic hydroxyl groups excluding tert-OH is 1. The average molecular weight is 791 g/mol. The van der Waals surface area contributed by atoms with Crippen molar-refractivity contribution in [1.29, 1.82) is 0 Å². The zero-order valence-electron chi connectivity index (χ0n) is 37.3. The fraction of sp³-hybridized carbons (Fsp3) is 0.679. The van der Waals surface area contributed by atoms with E-state index in [4.69, 9.17) is 9.47 Å². The number of esters is 1. The lowest BCUT2D eigenvalue weighted by Gasteiger charge is -2.15. The maximum atomic E-state index is 12.2. The third-order valence-corrected chi connectivity index (χ3v) is 9.89. The van der Waals surface area contributed by atoms with E-state index in [1.807, 2.05) is 0 Å². The highest BCUT2D eigenvalue weighted by Gasteiger charge is 2.13. The van der Waals surface area contributed by atoms with Gasteiger partial charge in [0, 0.05) is 13.0 Å². The SMILES string of the molecule is CC/C=C\C/C=C\C/C=C\C/C=C\C/C=C\C/C=C\CCCCCCC(=O)OC(CO)COCCCCCCCCCCCC/C=C\C/C=C\CCCCCCC. The zero-order valence-corrected chi connectivity index (χ0v) is 37.3. The summed E-state index contributed by atoms with van der Waals surface area (Å²) >= 11 is 0. The van der Waals surface area contributed by atoms with Crippen molar-refractivity contribution in [2.75, 3.05) is 19.8 Å². The standard InChI is InChI=1S/C53H90O4/c1-3-5-7-9-11-13-15-17-19-21-23-25-27-28-30-32-34-36-38-40-42-44-46-48-53(55)57-52(50-54)51-56-49-47-45-43-41-39-37-35-33-31-29-26-24-22-20-18-16-14-12-10-8-6-4-2/h5,7,11,13,16-19,22-25,28,30,34,36,52,54H,3-4,6,8-10,12,14-15,20-21,26-27,29,31-33,35,37-51H2,1-2H3/b7-5-,13-11-,18-16-,19-17-,24-22-,25-23-,30-28-,36-34-. The number of aliphatic hydroxyl groups is 1. The quantitative estimate of drug-likeness (QED) is 0.0380. The van der Waals surface area contributed by atoms with Crippen molar-refractivity contribution in [3.05, 3.63) is 97.2 Å². The molecule has 1 unspecified atom stereocenters.